The van der Waals surface area contributed by atoms with E-state index in [0.29, 0.717) is 23.9 Å². The number of carbonyl (C=O) groups excluding carboxylic acids is 1. The highest BCUT2D eigenvalue weighted by atomic mass is 35.5. The van der Waals surface area contributed by atoms with E-state index in [1.165, 1.54) is 0 Å². The van der Waals surface area contributed by atoms with Gasteiger partial charge in [0, 0.05) is 36.6 Å². The van der Waals surface area contributed by atoms with Crippen LogP contribution < -0.4 is 4.90 Å². The molecule has 1 unspecified atom stereocenters. The Labute approximate surface area is 199 Å². The van der Waals surface area contributed by atoms with Gasteiger partial charge in [-0.1, -0.05) is 48.9 Å². The summed E-state index contributed by atoms with van der Waals surface area (Å²) in [5, 5.41) is 3.50. The molecular formula is C25H30ClN3O2S. The maximum absolute atomic E-state index is 13.3. The van der Waals surface area contributed by atoms with Crippen molar-refractivity contribution >= 4 is 39.5 Å². The number of hydrogen-bond donors (Lipinski definition) is 0. The Kier molecular flexibility index (Phi) is 8.14. The van der Waals surface area contributed by atoms with Crippen molar-refractivity contribution in [2.45, 2.75) is 26.2 Å². The normalized spacial score (nSPS) is 19.1. The number of benzene rings is 1. The summed E-state index contributed by atoms with van der Waals surface area (Å²) in [5.41, 5.74) is 3.05. The Balaban J connectivity index is 1.49. The summed E-state index contributed by atoms with van der Waals surface area (Å²) in [4.78, 5) is 22.4. The fraction of sp³-hybridized carbons (Fsp3) is 0.440. The van der Waals surface area contributed by atoms with E-state index in [1.807, 2.05) is 29.2 Å². The molecule has 1 fully saturated rings. The molecule has 1 aromatic carbocycles. The van der Waals surface area contributed by atoms with E-state index in [0.717, 1.165) is 67.7 Å². The second-order valence-corrected chi connectivity index (χ2v) is 9.51. The van der Waals surface area contributed by atoms with Crippen LogP contribution in [0.3, 0.4) is 0 Å². The summed E-state index contributed by atoms with van der Waals surface area (Å²) in [6.45, 7) is 6.95. The van der Waals surface area contributed by atoms with Gasteiger partial charge in [0.05, 0.1) is 25.3 Å². The van der Waals surface area contributed by atoms with E-state index in [-0.39, 0.29) is 5.91 Å². The zero-order chi connectivity index (χ0) is 22.3. The van der Waals surface area contributed by atoms with Gasteiger partial charge >= 0.3 is 0 Å². The number of halogens is 1. The molecule has 0 N–H and O–H groups in total. The minimum Gasteiger partial charge on any atom is -0.379 e. The summed E-state index contributed by atoms with van der Waals surface area (Å²) >= 11 is 7.55. The lowest BCUT2D eigenvalue weighted by atomic mass is 9.94. The number of ether oxygens (including phenoxy) is 1. The molecule has 2 aliphatic rings. The van der Waals surface area contributed by atoms with Crippen molar-refractivity contribution in [2.24, 2.45) is 5.92 Å². The minimum absolute atomic E-state index is 0.0562. The summed E-state index contributed by atoms with van der Waals surface area (Å²) in [5.74, 6) is 0.670. The van der Waals surface area contributed by atoms with Crippen molar-refractivity contribution in [1.29, 1.82) is 0 Å². The second kappa shape index (κ2) is 11.2. The van der Waals surface area contributed by atoms with E-state index in [1.54, 1.807) is 11.3 Å². The van der Waals surface area contributed by atoms with Crippen molar-refractivity contribution in [3.8, 4) is 0 Å². The molecule has 1 aromatic heterocycles. The van der Waals surface area contributed by atoms with Crippen molar-refractivity contribution in [1.82, 2.24) is 9.88 Å². The molecule has 1 aliphatic carbocycles. The van der Waals surface area contributed by atoms with E-state index in [9.17, 15) is 4.79 Å². The average molecular weight is 472 g/mol. The van der Waals surface area contributed by atoms with E-state index in [2.05, 4.69) is 35.4 Å². The van der Waals surface area contributed by atoms with Crippen molar-refractivity contribution in [3.63, 3.8) is 0 Å². The van der Waals surface area contributed by atoms with Crippen LogP contribution in [-0.2, 0) is 16.0 Å². The lowest BCUT2D eigenvalue weighted by Crippen LogP contribution is -2.43. The molecule has 0 spiro atoms. The molecule has 2 aromatic rings. The molecule has 0 radical (unpaired) electrons. The van der Waals surface area contributed by atoms with E-state index in [4.69, 9.17) is 21.3 Å². The fourth-order valence-electron chi connectivity index (χ4n) is 3.94. The standard InChI is InChI=1S/C25H30ClN3O2S/c1-2-19-3-7-21(8-4-19)23-18-32-25(27-23)29(12-11-28-13-15-31-16-14-28)24(30)17-20-5-9-22(26)10-6-20/h3,5-10,18-19H,2,4,11-17H2,1H3. The number of aromatic nitrogens is 1. The van der Waals surface area contributed by atoms with Gasteiger partial charge in [0.2, 0.25) is 5.91 Å². The zero-order valence-electron chi connectivity index (χ0n) is 18.5. The third kappa shape index (κ3) is 6.07. The number of morpholine rings is 1. The quantitative estimate of drug-likeness (QED) is 0.539. The fourth-order valence-corrected chi connectivity index (χ4v) is 4.95. The first-order valence-electron chi connectivity index (χ1n) is 11.3. The van der Waals surface area contributed by atoms with Crippen molar-refractivity contribution in [3.05, 3.63) is 64.2 Å². The Morgan fingerprint density at radius 3 is 2.75 bits per heavy atom. The Morgan fingerprint density at radius 1 is 1.28 bits per heavy atom. The summed E-state index contributed by atoms with van der Waals surface area (Å²) in [6, 6.07) is 7.48. The topological polar surface area (TPSA) is 45.7 Å². The van der Waals surface area contributed by atoms with Gasteiger partial charge < -0.3 is 4.74 Å². The molecule has 1 aliphatic heterocycles. The van der Waals surface area contributed by atoms with Gasteiger partial charge in [0.15, 0.2) is 5.13 Å². The number of rotatable bonds is 8. The molecule has 0 bridgehead atoms. The van der Waals surface area contributed by atoms with Crippen molar-refractivity contribution < 1.29 is 9.53 Å². The van der Waals surface area contributed by atoms with Gasteiger partial charge in [-0.25, -0.2) is 4.98 Å². The number of anilines is 1. The largest absolute Gasteiger partial charge is 0.379 e. The van der Waals surface area contributed by atoms with Crippen LogP contribution in [0.4, 0.5) is 5.13 Å². The van der Waals surface area contributed by atoms with Gasteiger partial charge in [-0.3, -0.25) is 14.6 Å². The first-order chi connectivity index (χ1) is 15.6. The summed E-state index contributed by atoms with van der Waals surface area (Å²) in [6.07, 6.45) is 9.24. The highest BCUT2D eigenvalue weighted by Crippen LogP contribution is 2.30. The predicted molar refractivity (Wildman–Crippen MR) is 132 cm³/mol. The first kappa shape index (κ1) is 23.2. The maximum atomic E-state index is 13.3. The van der Waals surface area contributed by atoms with Gasteiger partial charge in [-0.15, -0.1) is 11.3 Å². The second-order valence-electron chi connectivity index (χ2n) is 8.24. The Morgan fingerprint density at radius 2 is 2.06 bits per heavy atom. The molecule has 170 valence electrons. The molecule has 2 heterocycles. The highest BCUT2D eigenvalue weighted by molar-refractivity contribution is 7.14. The van der Waals surface area contributed by atoms with Crippen LogP contribution >= 0.6 is 22.9 Å². The van der Waals surface area contributed by atoms with Gasteiger partial charge in [-0.2, -0.15) is 0 Å². The first-order valence-corrected chi connectivity index (χ1v) is 12.6. The average Bonchev–Trinajstić information content (AvgIpc) is 3.31. The predicted octanol–water partition coefficient (Wildman–Crippen LogP) is 5.07. The van der Waals surface area contributed by atoms with Crippen LogP contribution in [0.15, 0.2) is 47.9 Å². The van der Waals surface area contributed by atoms with Gasteiger partial charge in [-0.05, 0) is 42.0 Å². The zero-order valence-corrected chi connectivity index (χ0v) is 20.1. The van der Waals surface area contributed by atoms with E-state index >= 15 is 0 Å². The SMILES string of the molecule is CCC1C=CC(c2csc(N(CCN3CCOCC3)C(=O)Cc3ccc(Cl)cc3)n2)=CC1. The number of carbonyl (C=O) groups is 1. The molecule has 1 saturated heterocycles. The van der Waals surface area contributed by atoms with Crippen LogP contribution in [0.1, 0.15) is 31.0 Å². The molecule has 5 nitrogen and oxygen atoms in total. The number of allylic oxidation sites excluding steroid dienone is 4. The van der Waals surface area contributed by atoms with E-state index < -0.39 is 0 Å². The molecule has 7 heteroatoms. The minimum atomic E-state index is 0.0562. The number of amides is 1. The molecule has 1 atom stereocenters. The number of thiazole rings is 1. The Bertz CT molecular complexity index is 964. The third-order valence-electron chi connectivity index (χ3n) is 6.04. The maximum Gasteiger partial charge on any atom is 0.233 e. The molecule has 32 heavy (non-hydrogen) atoms. The smallest absolute Gasteiger partial charge is 0.233 e. The van der Waals surface area contributed by atoms with Crippen LogP contribution in [0.25, 0.3) is 5.57 Å². The highest BCUT2D eigenvalue weighted by Gasteiger charge is 2.22. The monoisotopic (exact) mass is 471 g/mol. The Hall–Kier alpha value is -1.99. The lowest BCUT2D eigenvalue weighted by Gasteiger charge is -2.29. The lowest BCUT2D eigenvalue weighted by molar-refractivity contribution is -0.118. The van der Waals surface area contributed by atoms with Crippen LogP contribution in [0.2, 0.25) is 5.02 Å². The number of nitrogens with zero attached hydrogens (tertiary/aromatic N) is 3. The number of hydrogen-bond acceptors (Lipinski definition) is 5. The van der Waals surface area contributed by atoms with Crippen molar-refractivity contribution in [2.75, 3.05) is 44.3 Å². The molecule has 4 rings (SSSR count). The third-order valence-corrected chi connectivity index (χ3v) is 7.16. The van der Waals surface area contributed by atoms with Gasteiger partial charge in [0.25, 0.3) is 0 Å². The van der Waals surface area contributed by atoms with Gasteiger partial charge in [0.1, 0.15) is 0 Å². The molecule has 1 amide bonds. The van der Waals surface area contributed by atoms with Crippen LogP contribution in [-0.4, -0.2) is 55.2 Å². The molecule has 0 saturated carbocycles. The van der Waals surface area contributed by atoms with Crippen LogP contribution in [0.5, 0.6) is 0 Å². The summed E-state index contributed by atoms with van der Waals surface area (Å²) < 4.78 is 5.46. The molecular weight excluding hydrogens is 442 g/mol. The summed E-state index contributed by atoms with van der Waals surface area (Å²) in [7, 11) is 0. The van der Waals surface area contributed by atoms with Crippen LogP contribution in [0, 0.1) is 5.92 Å².